The van der Waals surface area contributed by atoms with Crippen LogP contribution in [0.1, 0.15) is 5.56 Å². The summed E-state index contributed by atoms with van der Waals surface area (Å²) < 4.78 is 25.2. The van der Waals surface area contributed by atoms with Crippen molar-refractivity contribution in [1.29, 1.82) is 0 Å². The number of methoxy groups -OCH3 is 1. The van der Waals surface area contributed by atoms with Crippen molar-refractivity contribution >= 4 is 73.5 Å². The van der Waals surface area contributed by atoms with Crippen molar-refractivity contribution in [2.24, 2.45) is 0 Å². The van der Waals surface area contributed by atoms with Gasteiger partial charge in [-0.2, -0.15) is 0 Å². The van der Waals surface area contributed by atoms with Crippen molar-refractivity contribution in [1.82, 2.24) is 0 Å². The fraction of sp³-hybridized carbons (Fsp3) is 0.100. The molecule has 2 aromatic carbocycles. The zero-order chi connectivity index (χ0) is 21.1. The number of thiocarbonyl (C=S) groups is 1. The summed E-state index contributed by atoms with van der Waals surface area (Å²) in [4.78, 5) is 14.6. The lowest BCUT2D eigenvalue weighted by Crippen LogP contribution is -2.27. The van der Waals surface area contributed by atoms with E-state index in [0.717, 1.165) is 11.8 Å². The fourth-order valence-electron chi connectivity index (χ4n) is 2.54. The van der Waals surface area contributed by atoms with Gasteiger partial charge in [0.2, 0.25) is 0 Å². The molecule has 0 saturated carbocycles. The Bertz CT molecular complexity index is 1080. The van der Waals surface area contributed by atoms with Crippen LogP contribution >= 0.6 is 51.5 Å². The first-order chi connectivity index (χ1) is 13.8. The molecule has 9 heteroatoms. The lowest BCUT2D eigenvalue weighted by molar-refractivity contribution is -0.113. The van der Waals surface area contributed by atoms with Crippen molar-refractivity contribution < 1.29 is 18.7 Å². The predicted molar refractivity (Wildman–Crippen MR) is 122 cm³/mol. The number of amides is 1. The number of nitrogens with zero attached hydrogens (tertiary/aromatic N) is 1. The smallest absolute Gasteiger partial charge is 0.270 e. The molecule has 29 heavy (non-hydrogen) atoms. The molecule has 1 aliphatic rings. The second kappa shape index (κ2) is 9.18. The molecule has 1 aliphatic heterocycles. The summed E-state index contributed by atoms with van der Waals surface area (Å²) in [6, 6.07) is 7.50. The first-order valence-electron chi connectivity index (χ1n) is 8.02. The van der Waals surface area contributed by atoms with E-state index in [1.807, 2.05) is 0 Å². The molecule has 0 N–H and O–H groups in total. The number of carbonyl (C=O) groups is 1. The van der Waals surface area contributed by atoms with E-state index < -0.39 is 5.82 Å². The number of hydrogen-bond acceptors (Lipinski definition) is 5. The molecule has 148 valence electrons. The highest BCUT2D eigenvalue weighted by Crippen LogP contribution is 2.40. The van der Waals surface area contributed by atoms with Crippen LogP contribution in [-0.4, -0.2) is 23.9 Å². The molecule has 2 aromatic rings. The third-order valence-electron chi connectivity index (χ3n) is 3.80. The molecular formula is C20H12BrClFNO3S2. The molecule has 1 saturated heterocycles. The Morgan fingerprint density at radius 2 is 2.17 bits per heavy atom. The highest BCUT2D eigenvalue weighted by atomic mass is 79.9. The van der Waals surface area contributed by atoms with E-state index >= 15 is 0 Å². The van der Waals surface area contributed by atoms with Gasteiger partial charge in [-0.1, -0.05) is 41.5 Å². The van der Waals surface area contributed by atoms with Gasteiger partial charge in [0.1, 0.15) is 12.4 Å². The lowest BCUT2D eigenvalue weighted by Gasteiger charge is -2.15. The Morgan fingerprint density at radius 1 is 1.41 bits per heavy atom. The van der Waals surface area contributed by atoms with Crippen LogP contribution in [0.4, 0.5) is 10.1 Å². The SMILES string of the molecule is C#CCOc1c(Br)cc(/C=C2\SC(=S)N(c3ccc(F)c(Cl)c3)C2=O)cc1OC. The van der Waals surface area contributed by atoms with Gasteiger partial charge in [-0.3, -0.25) is 9.69 Å². The predicted octanol–water partition coefficient (Wildman–Crippen LogP) is 5.67. The first-order valence-corrected chi connectivity index (χ1v) is 10.4. The summed E-state index contributed by atoms with van der Waals surface area (Å²) in [6.07, 6.45) is 6.92. The van der Waals surface area contributed by atoms with Gasteiger partial charge in [0.25, 0.3) is 5.91 Å². The maximum absolute atomic E-state index is 13.4. The highest BCUT2D eigenvalue weighted by Gasteiger charge is 2.33. The van der Waals surface area contributed by atoms with Gasteiger partial charge in [0.05, 0.1) is 27.2 Å². The monoisotopic (exact) mass is 511 g/mol. The zero-order valence-electron chi connectivity index (χ0n) is 14.9. The van der Waals surface area contributed by atoms with Crippen molar-refractivity contribution in [2.45, 2.75) is 0 Å². The minimum Gasteiger partial charge on any atom is -0.493 e. The van der Waals surface area contributed by atoms with E-state index in [2.05, 4.69) is 21.9 Å². The van der Waals surface area contributed by atoms with Gasteiger partial charge in [-0.05, 0) is 57.9 Å². The maximum atomic E-state index is 13.4. The molecule has 0 unspecified atom stereocenters. The Labute approximate surface area is 190 Å². The molecule has 0 aliphatic carbocycles. The van der Waals surface area contributed by atoms with Crippen molar-refractivity contribution in [2.75, 3.05) is 18.6 Å². The van der Waals surface area contributed by atoms with Gasteiger partial charge in [0.15, 0.2) is 15.8 Å². The van der Waals surface area contributed by atoms with Crippen LogP contribution < -0.4 is 14.4 Å². The van der Waals surface area contributed by atoms with E-state index in [4.69, 9.17) is 39.7 Å². The lowest BCUT2D eigenvalue weighted by atomic mass is 10.1. The number of carbonyl (C=O) groups excluding carboxylic acids is 1. The van der Waals surface area contributed by atoms with E-state index in [-0.39, 0.29) is 17.5 Å². The number of thioether (sulfide) groups is 1. The Balaban J connectivity index is 1.94. The molecule has 0 bridgehead atoms. The minimum atomic E-state index is -0.569. The standard InChI is InChI=1S/C20H12BrClFNO3S2/c1-3-6-27-18-13(21)7-11(8-16(18)26-2)9-17-19(25)24(20(28)29-17)12-4-5-15(23)14(22)10-12/h1,4-5,7-10H,6H2,2H3/b17-9-. The number of terminal acetylenes is 1. The van der Waals surface area contributed by atoms with Crippen LogP contribution in [0.5, 0.6) is 11.5 Å². The number of ether oxygens (including phenoxy) is 2. The van der Waals surface area contributed by atoms with Crippen molar-refractivity contribution in [3.05, 3.63) is 56.1 Å². The molecule has 0 spiro atoms. The molecule has 0 aromatic heterocycles. The van der Waals surface area contributed by atoms with Gasteiger partial charge in [0, 0.05) is 0 Å². The molecule has 1 heterocycles. The molecular weight excluding hydrogens is 501 g/mol. The van der Waals surface area contributed by atoms with Gasteiger partial charge < -0.3 is 9.47 Å². The minimum absolute atomic E-state index is 0.0863. The summed E-state index contributed by atoms with van der Waals surface area (Å²) in [6.45, 7) is 0.0905. The Kier molecular flexibility index (Phi) is 6.85. The van der Waals surface area contributed by atoms with Gasteiger partial charge >= 0.3 is 0 Å². The molecule has 0 radical (unpaired) electrons. The summed E-state index contributed by atoms with van der Waals surface area (Å²) in [5.41, 5.74) is 1.10. The van der Waals surface area contributed by atoms with Gasteiger partial charge in [-0.25, -0.2) is 4.39 Å². The van der Waals surface area contributed by atoms with Crippen LogP contribution in [0.2, 0.25) is 5.02 Å². The second-order valence-electron chi connectivity index (χ2n) is 5.64. The van der Waals surface area contributed by atoms with Crippen molar-refractivity contribution in [3.63, 3.8) is 0 Å². The van der Waals surface area contributed by atoms with Gasteiger partial charge in [-0.15, -0.1) is 6.42 Å². The number of benzene rings is 2. The number of hydrogen-bond donors (Lipinski definition) is 0. The number of rotatable bonds is 5. The largest absolute Gasteiger partial charge is 0.493 e. The highest BCUT2D eigenvalue weighted by molar-refractivity contribution is 9.10. The number of anilines is 1. The normalized spacial score (nSPS) is 15.0. The average molecular weight is 513 g/mol. The molecule has 3 rings (SSSR count). The third kappa shape index (κ3) is 4.59. The fourth-order valence-corrected chi connectivity index (χ4v) is 4.59. The van der Waals surface area contributed by atoms with Crippen LogP contribution in [0.15, 0.2) is 39.7 Å². The first kappa shape index (κ1) is 21.7. The van der Waals surface area contributed by atoms with Crippen molar-refractivity contribution in [3.8, 4) is 23.8 Å². The van der Waals surface area contributed by atoms with Crippen LogP contribution in [0, 0.1) is 18.2 Å². The molecule has 0 atom stereocenters. The van der Waals surface area contributed by atoms with Crippen LogP contribution in [0.25, 0.3) is 6.08 Å². The topological polar surface area (TPSA) is 38.8 Å². The van der Waals surface area contributed by atoms with Crippen LogP contribution in [0.3, 0.4) is 0 Å². The second-order valence-corrected chi connectivity index (χ2v) is 8.58. The quantitative estimate of drug-likeness (QED) is 0.293. The molecule has 4 nitrogen and oxygen atoms in total. The maximum Gasteiger partial charge on any atom is 0.270 e. The van der Waals surface area contributed by atoms with E-state index in [9.17, 15) is 9.18 Å². The number of halogens is 3. The van der Waals surface area contributed by atoms with E-state index in [0.29, 0.717) is 36.4 Å². The molecule has 1 amide bonds. The van der Waals surface area contributed by atoms with E-state index in [1.54, 1.807) is 18.2 Å². The summed E-state index contributed by atoms with van der Waals surface area (Å²) in [5.74, 6) is 2.43. The molecule has 1 fully saturated rings. The summed E-state index contributed by atoms with van der Waals surface area (Å²) >= 11 is 15.7. The summed E-state index contributed by atoms with van der Waals surface area (Å²) in [7, 11) is 1.51. The average Bonchev–Trinajstić information content (AvgIpc) is 2.96. The van der Waals surface area contributed by atoms with E-state index in [1.165, 1.54) is 30.2 Å². The zero-order valence-corrected chi connectivity index (χ0v) is 18.8. The summed E-state index contributed by atoms with van der Waals surface area (Å²) in [5, 5.41) is -0.0863. The Hall–Kier alpha value is -2.05. The Morgan fingerprint density at radius 3 is 2.83 bits per heavy atom. The van der Waals surface area contributed by atoms with Crippen LogP contribution in [-0.2, 0) is 4.79 Å². The third-order valence-corrected chi connectivity index (χ3v) is 5.99.